The molecule has 0 fully saturated rings. The van der Waals surface area contributed by atoms with Crippen molar-refractivity contribution >= 4 is 33.0 Å². The molecular weight excluding hydrogens is 394 g/mol. The van der Waals surface area contributed by atoms with Crippen LogP contribution >= 0.6 is 11.6 Å². The molecule has 0 aliphatic carbocycles. The first-order chi connectivity index (χ1) is 12.8. The third-order valence-corrected chi connectivity index (χ3v) is 5.81. The fraction of sp³-hybridized carbons (Fsp3) is 0.118. The Labute approximate surface area is 160 Å². The van der Waals surface area contributed by atoms with Crippen LogP contribution in [0.5, 0.6) is 0 Å². The average molecular weight is 408 g/mol. The number of nitro benzene ring substituents is 1. The van der Waals surface area contributed by atoms with E-state index < -0.39 is 20.6 Å². The SMILES string of the molecule is Cc1cc(CN(c2ccccc2)S(=O)(=O)c2ccc(Cl)c([N+](=O)[O-])c2)on1. The lowest BCUT2D eigenvalue weighted by atomic mass is 10.3. The van der Waals surface area contributed by atoms with E-state index in [1.165, 1.54) is 12.1 Å². The Hall–Kier alpha value is -2.91. The van der Waals surface area contributed by atoms with Gasteiger partial charge in [0.15, 0.2) is 5.76 Å². The lowest BCUT2D eigenvalue weighted by Crippen LogP contribution is -2.30. The van der Waals surface area contributed by atoms with Crippen molar-refractivity contribution in [3.8, 4) is 0 Å². The molecular formula is C17H14ClN3O5S. The van der Waals surface area contributed by atoms with E-state index in [1.54, 1.807) is 43.3 Å². The van der Waals surface area contributed by atoms with Crippen molar-refractivity contribution in [3.63, 3.8) is 0 Å². The Bertz CT molecular complexity index is 1080. The molecule has 3 aromatic rings. The molecule has 10 heteroatoms. The molecule has 1 heterocycles. The summed E-state index contributed by atoms with van der Waals surface area (Å²) in [4.78, 5) is 10.1. The van der Waals surface area contributed by atoms with Gasteiger partial charge in [-0.05, 0) is 31.2 Å². The first-order valence-electron chi connectivity index (χ1n) is 7.73. The second-order valence-corrected chi connectivity index (χ2v) is 7.92. The minimum absolute atomic E-state index is 0.121. The van der Waals surface area contributed by atoms with Crippen molar-refractivity contribution in [2.45, 2.75) is 18.4 Å². The zero-order valence-corrected chi connectivity index (χ0v) is 15.6. The van der Waals surface area contributed by atoms with Crippen molar-refractivity contribution in [3.05, 3.63) is 81.2 Å². The normalized spacial score (nSPS) is 11.3. The highest BCUT2D eigenvalue weighted by atomic mass is 35.5. The second kappa shape index (κ2) is 7.37. The van der Waals surface area contributed by atoms with Crippen LogP contribution in [0.15, 0.2) is 64.0 Å². The molecule has 0 N–H and O–H groups in total. The number of sulfonamides is 1. The van der Waals surface area contributed by atoms with Crippen LogP contribution in [-0.2, 0) is 16.6 Å². The molecule has 0 radical (unpaired) electrons. The maximum atomic E-state index is 13.2. The molecule has 0 spiro atoms. The Balaban J connectivity index is 2.10. The summed E-state index contributed by atoms with van der Waals surface area (Å²) < 4.78 is 32.7. The van der Waals surface area contributed by atoms with Crippen molar-refractivity contribution in [1.82, 2.24) is 5.16 Å². The van der Waals surface area contributed by atoms with E-state index in [1.807, 2.05) is 0 Å². The van der Waals surface area contributed by atoms with Gasteiger partial charge in [-0.2, -0.15) is 0 Å². The summed E-state index contributed by atoms with van der Waals surface area (Å²) in [5.74, 6) is 0.336. The van der Waals surface area contributed by atoms with Gasteiger partial charge < -0.3 is 4.52 Å². The molecule has 0 saturated heterocycles. The number of nitrogens with zero attached hydrogens (tertiary/aromatic N) is 3. The van der Waals surface area contributed by atoms with E-state index in [4.69, 9.17) is 16.1 Å². The van der Waals surface area contributed by atoms with Crippen molar-refractivity contribution in [2.24, 2.45) is 0 Å². The van der Waals surface area contributed by atoms with Gasteiger partial charge in [-0.3, -0.25) is 14.4 Å². The van der Waals surface area contributed by atoms with Crippen molar-refractivity contribution < 1.29 is 17.9 Å². The van der Waals surface area contributed by atoms with Crippen LogP contribution in [0.4, 0.5) is 11.4 Å². The molecule has 0 atom stereocenters. The Morgan fingerprint density at radius 3 is 2.48 bits per heavy atom. The van der Waals surface area contributed by atoms with Crippen LogP contribution in [0.2, 0.25) is 5.02 Å². The van der Waals surface area contributed by atoms with E-state index >= 15 is 0 Å². The molecule has 0 aliphatic rings. The van der Waals surface area contributed by atoms with Crippen LogP contribution in [0.25, 0.3) is 0 Å². The monoisotopic (exact) mass is 407 g/mol. The number of para-hydroxylation sites is 1. The highest BCUT2D eigenvalue weighted by Crippen LogP contribution is 2.31. The lowest BCUT2D eigenvalue weighted by Gasteiger charge is -2.23. The Morgan fingerprint density at radius 1 is 1.19 bits per heavy atom. The van der Waals surface area contributed by atoms with Crippen molar-refractivity contribution in [2.75, 3.05) is 4.31 Å². The molecule has 140 valence electrons. The molecule has 3 rings (SSSR count). The zero-order chi connectivity index (χ0) is 19.6. The predicted octanol–water partition coefficient (Wildman–Crippen LogP) is 3.94. The van der Waals surface area contributed by atoms with E-state index in [2.05, 4.69) is 5.16 Å². The first kappa shape index (κ1) is 18.9. The van der Waals surface area contributed by atoms with Gasteiger partial charge in [-0.25, -0.2) is 8.42 Å². The highest BCUT2D eigenvalue weighted by molar-refractivity contribution is 7.92. The standard InChI is InChI=1S/C17H14ClN3O5S/c1-12-9-14(26-19-12)11-20(13-5-3-2-4-6-13)27(24,25)15-7-8-16(18)17(10-15)21(22)23/h2-10H,11H2,1H3. The van der Waals surface area contributed by atoms with Gasteiger partial charge in [0.05, 0.1) is 27.7 Å². The number of benzene rings is 2. The summed E-state index contributed by atoms with van der Waals surface area (Å²) in [6.07, 6.45) is 0. The fourth-order valence-corrected chi connectivity index (χ4v) is 4.10. The summed E-state index contributed by atoms with van der Waals surface area (Å²) in [5, 5.41) is 14.7. The van der Waals surface area contributed by atoms with Crippen LogP contribution in [-0.4, -0.2) is 18.5 Å². The summed E-state index contributed by atoms with van der Waals surface area (Å²) in [6.45, 7) is 1.60. The molecule has 0 aliphatic heterocycles. The van der Waals surface area contributed by atoms with E-state index in [-0.39, 0.29) is 16.5 Å². The predicted molar refractivity (Wildman–Crippen MR) is 99.2 cm³/mol. The molecule has 0 saturated carbocycles. The summed E-state index contributed by atoms with van der Waals surface area (Å²) >= 11 is 5.80. The van der Waals surface area contributed by atoms with E-state index in [0.29, 0.717) is 17.1 Å². The van der Waals surface area contributed by atoms with Gasteiger partial charge in [0.25, 0.3) is 15.7 Å². The topological polar surface area (TPSA) is 107 Å². The zero-order valence-electron chi connectivity index (χ0n) is 14.1. The van der Waals surface area contributed by atoms with Gasteiger partial charge >= 0.3 is 0 Å². The van der Waals surface area contributed by atoms with Crippen molar-refractivity contribution in [1.29, 1.82) is 0 Å². The van der Waals surface area contributed by atoms with Gasteiger partial charge in [-0.1, -0.05) is 35.0 Å². The molecule has 0 amide bonds. The molecule has 8 nitrogen and oxygen atoms in total. The van der Waals surface area contributed by atoms with Crippen LogP contribution in [0, 0.1) is 17.0 Å². The summed E-state index contributed by atoms with van der Waals surface area (Å²) in [7, 11) is -4.13. The van der Waals surface area contributed by atoms with Gasteiger partial charge in [0.1, 0.15) is 5.02 Å². The first-order valence-corrected chi connectivity index (χ1v) is 9.55. The average Bonchev–Trinajstić information content (AvgIpc) is 3.05. The molecule has 2 aromatic carbocycles. The maximum absolute atomic E-state index is 13.2. The number of hydrogen-bond acceptors (Lipinski definition) is 6. The van der Waals surface area contributed by atoms with Gasteiger partial charge in [-0.15, -0.1) is 0 Å². The largest absolute Gasteiger partial charge is 0.359 e. The number of hydrogen-bond donors (Lipinski definition) is 0. The Kier molecular flexibility index (Phi) is 5.15. The smallest absolute Gasteiger partial charge is 0.289 e. The third kappa shape index (κ3) is 3.93. The lowest BCUT2D eigenvalue weighted by molar-refractivity contribution is -0.384. The summed E-state index contributed by atoms with van der Waals surface area (Å²) in [6, 6.07) is 13.3. The van der Waals surface area contributed by atoms with E-state index in [9.17, 15) is 18.5 Å². The molecule has 27 heavy (non-hydrogen) atoms. The molecule has 0 unspecified atom stereocenters. The van der Waals surface area contributed by atoms with Crippen LogP contribution in [0.1, 0.15) is 11.5 Å². The van der Waals surface area contributed by atoms with Crippen LogP contribution in [0.3, 0.4) is 0 Å². The quantitative estimate of drug-likeness (QED) is 0.452. The van der Waals surface area contributed by atoms with E-state index in [0.717, 1.165) is 10.4 Å². The minimum atomic E-state index is -4.13. The Morgan fingerprint density at radius 2 is 1.89 bits per heavy atom. The van der Waals surface area contributed by atoms with Gasteiger partial charge in [0, 0.05) is 12.1 Å². The fourth-order valence-electron chi connectivity index (χ4n) is 2.46. The number of nitro groups is 1. The number of aromatic nitrogens is 1. The molecule has 1 aromatic heterocycles. The molecule has 0 bridgehead atoms. The number of rotatable bonds is 6. The minimum Gasteiger partial charge on any atom is -0.359 e. The second-order valence-electron chi connectivity index (χ2n) is 5.65. The number of halogens is 1. The number of aryl methyl sites for hydroxylation is 1. The summed E-state index contributed by atoms with van der Waals surface area (Å²) in [5.41, 5.74) is 0.503. The third-order valence-electron chi connectivity index (χ3n) is 3.72. The van der Waals surface area contributed by atoms with Crippen LogP contribution < -0.4 is 4.31 Å². The van der Waals surface area contributed by atoms with Gasteiger partial charge in [0.2, 0.25) is 0 Å². The number of anilines is 1. The highest BCUT2D eigenvalue weighted by Gasteiger charge is 2.29. The maximum Gasteiger partial charge on any atom is 0.289 e.